The molecule has 0 saturated heterocycles. The number of nitrogens with zero attached hydrogens (tertiary/aromatic N) is 1. The first-order chi connectivity index (χ1) is 9.45. The molecule has 120 valence electrons. The Kier molecular flexibility index (Phi) is 12.1. The molecule has 0 aromatic carbocycles. The monoisotopic (exact) mass is 317 g/mol. The average Bonchev–Trinajstić information content (AvgIpc) is 2.39. The summed E-state index contributed by atoms with van der Waals surface area (Å²) >= 11 is 0. The second kappa shape index (κ2) is 11.9. The van der Waals surface area contributed by atoms with Gasteiger partial charge in [-0.2, -0.15) is 0 Å². The molecule has 0 atom stereocenters. The van der Waals surface area contributed by atoms with Crippen molar-refractivity contribution in [2.45, 2.75) is 71.6 Å². The first kappa shape index (κ1) is 20.3. The molecule has 0 unspecified atom stereocenters. The van der Waals surface area contributed by atoms with Crippen LogP contribution < -0.4 is 0 Å². The van der Waals surface area contributed by atoms with Gasteiger partial charge >= 0.3 is 0 Å². The number of ether oxygens (including phenoxy) is 2. The highest BCUT2D eigenvalue weighted by Crippen LogP contribution is 2.10. The van der Waals surface area contributed by atoms with Crippen LogP contribution in [0.5, 0.6) is 0 Å². The molecule has 0 N–H and O–H groups in total. The van der Waals surface area contributed by atoms with E-state index in [-0.39, 0.29) is 5.91 Å². The van der Waals surface area contributed by atoms with Crippen molar-refractivity contribution in [1.82, 2.24) is 4.57 Å². The van der Waals surface area contributed by atoms with Gasteiger partial charge in [-0.15, -0.1) is 0 Å². The molecular formula is C15H35NO2Si2. The zero-order valence-electron chi connectivity index (χ0n) is 14.5. The predicted octanol–water partition coefficient (Wildman–Crippen LogP) is 3.79. The fraction of sp³-hybridized carbons (Fsp3) is 1.00. The third-order valence-electron chi connectivity index (χ3n) is 3.19. The summed E-state index contributed by atoms with van der Waals surface area (Å²) in [6.45, 7) is 17.9. The van der Waals surface area contributed by atoms with Gasteiger partial charge in [-0.3, -0.25) is 0 Å². The molecule has 5 heteroatoms. The van der Waals surface area contributed by atoms with E-state index < -0.39 is 8.24 Å². The summed E-state index contributed by atoms with van der Waals surface area (Å²) in [4.78, 5) is 0. The van der Waals surface area contributed by atoms with Crippen molar-refractivity contribution in [1.29, 1.82) is 0 Å². The molecule has 0 heterocycles. The largest absolute Gasteiger partial charge is 0.357 e. The van der Waals surface area contributed by atoms with Crippen LogP contribution in [0.15, 0.2) is 0 Å². The van der Waals surface area contributed by atoms with Gasteiger partial charge in [-0.05, 0) is 32.4 Å². The molecule has 0 spiro atoms. The topological polar surface area (TPSA) is 21.7 Å². The molecule has 2 radical (unpaired) electrons. The van der Waals surface area contributed by atoms with Crippen molar-refractivity contribution in [2.75, 3.05) is 26.3 Å². The Labute approximate surface area is 130 Å². The van der Waals surface area contributed by atoms with Gasteiger partial charge in [0, 0.05) is 13.2 Å². The molecule has 0 saturated carbocycles. The van der Waals surface area contributed by atoms with Crippen molar-refractivity contribution in [3.05, 3.63) is 0 Å². The van der Waals surface area contributed by atoms with Crippen molar-refractivity contribution in [3.63, 3.8) is 0 Å². The predicted molar refractivity (Wildman–Crippen MR) is 92.0 cm³/mol. The van der Waals surface area contributed by atoms with Crippen LogP contribution in [0.4, 0.5) is 0 Å². The van der Waals surface area contributed by atoms with E-state index in [2.05, 4.69) is 45.0 Å². The van der Waals surface area contributed by atoms with Crippen molar-refractivity contribution >= 4 is 17.8 Å². The van der Waals surface area contributed by atoms with Crippen LogP contribution in [0.1, 0.15) is 40.0 Å². The molecule has 0 aromatic rings. The maximum absolute atomic E-state index is 5.78. The number of hydrogen-bond acceptors (Lipinski definition) is 3. The molecule has 0 aliphatic rings. The minimum atomic E-state index is -1.13. The summed E-state index contributed by atoms with van der Waals surface area (Å²) < 4.78 is 14.2. The third-order valence-corrected chi connectivity index (χ3v) is 6.94. The summed E-state index contributed by atoms with van der Waals surface area (Å²) in [6.07, 6.45) is 3.39. The summed E-state index contributed by atoms with van der Waals surface area (Å²) in [5.74, 6) is 0.0388. The highest BCUT2D eigenvalue weighted by molar-refractivity contribution is 6.73. The van der Waals surface area contributed by atoms with E-state index in [1.54, 1.807) is 0 Å². The molecule has 0 amide bonds. The van der Waals surface area contributed by atoms with E-state index in [0.717, 1.165) is 35.6 Å². The fourth-order valence-electron chi connectivity index (χ4n) is 2.07. The second-order valence-corrected chi connectivity index (χ2v) is 12.5. The van der Waals surface area contributed by atoms with Crippen LogP contribution >= 0.6 is 0 Å². The second-order valence-electron chi connectivity index (χ2n) is 6.13. The Morgan fingerprint density at radius 2 is 1.55 bits per heavy atom. The molecule has 0 rings (SSSR count). The fourth-order valence-corrected chi connectivity index (χ4v) is 4.92. The van der Waals surface area contributed by atoms with Gasteiger partial charge in [0.05, 0.1) is 0 Å². The first-order valence-corrected chi connectivity index (χ1v) is 12.9. The Morgan fingerprint density at radius 1 is 1.00 bits per heavy atom. The van der Waals surface area contributed by atoms with Crippen LogP contribution in [0, 0.1) is 0 Å². The zero-order chi connectivity index (χ0) is 15.4. The molecule has 0 aromatic heterocycles. The van der Waals surface area contributed by atoms with Crippen molar-refractivity contribution in [2.24, 2.45) is 0 Å². The van der Waals surface area contributed by atoms with Gasteiger partial charge in [0.15, 0.2) is 0 Å². The Hall–Kier alpha value is 0.314. The molecule has 20 heavy (non-hydrogen) atoms. The Morgan fingerprint density at radius 3 is 1.95 bits per heavy atom. The summed E-state index contributed by atoms with van der Waals surface area (Å²) in [7, 11) is -0.360. The van der Waals surface area contributed by atoms with Crippen LogP contribution in [0.3, 0.4) is 0 Å². The van der Waals surface area contributed by atoms with Crippen molar-refractivity contribution in [3.8, 4) is 0 Å². The average molecular weight is 318 g/mol. The zero-order valence-corrected chi connectivity index (χ0v) is 16.5. The normalized spacial score (nSPS) is 12.6. The maximum atomic E-state index is 5.78. The SMILES string of the molecule is CCCOC(OCCC)[Si]CCCN(CC)[Si](C)(C)C. The molecule has 0 fully saturated rings. The van der Waals surface area contributed by atoms with Crippen molar-refractivity contribution < 1.29 is 9.47 Å². The van der Waals surface area contributed by atoms with Crippen LogP contribution in [-0.4, -0.2) is 54.5 Å². The minimum absolute atomic E-state index is 0.0388. The van der Waals surface area contributed by atoms with E-state index in [0.29, 0.717) is 0 Å². The molecule has 3 nitrogen and oxygen atoms in total. The number of hydrogen-bond donors (Lipinski definition) is 0. The van der Waals surface area contributed by atoms with Crippen LogP contribution in [0.25, 0.3) is 0 Å². The summed E-state index contributed by atoms with van der Waals surface area (Å²) in [6, 6.07) is 1.22. The van der Waals surface area contributed by atoms with Gasteiger partial charge in [0.1, 0.15) is 23.7 Å². The summed E-state index contributed by atoms with van der Waals surface area (Å²) in [5.41, 5.74) is 0. The first-order valence-electron chi connectivity index (χ1n) is 8.17. The van der Waals surface area contributed by atoms with E-state index >= 15 is 0 Å². The van der Waals surface area contributed by atoms with Gasteiger partial charge in [-0.1, -0.05) is 46.5 Å². The lowest BCUT2D eigenvalue weighted by Crippen LogP contribution is -2.46. The Bertz CT molecular complexity index is 214. The molecule has 0 bridgehead atoms. The third kappa shape index (κ3) is 10.1. The summed E-state index contributed by atoms with van der Waals surface area (Å²) in [5, 5.41) is 0. The Balaban J connectivity index is 3.91. The lowest BCUT2D eigenvalue weighted by atomic mass is 10.5. The highest BCUT2D eigenvalue weighted by atomic mass is 28.3. The molecule has 0 aliphatic carbocycles. The van der Waals surface area contributed by atoms with E-state index in [9.17, 15) is 0 Å². The van der Waals surface area contributed by atoms with Gasteiger partial charge in [-0.25, -0.2) is 0 Å². The van der Waals surface area contributed by atoms with Gasteiger partial charge in [0.2, 0.25) is 0 Å². The standard InChI is InChI=1S/C15H35NO2Si2/c1-7-12-17-15(18-13-8-2)19-14-10-11-16(9-3)20(4,5)6/h15H,7-14H2,1-6H3. The maximum Gasteiger partial charge on any atom is 0.137 e. The minimum Gasteiger partial charge on any atom is -0.357 e. The lowest BCUT2D eigenvalue weighted by Gasteiger charge is -2.33. The highest BCUT2D eigenvalue weighted by Gasteiger charge is 2.21. The van der Waals surface area contributed by atoms with E-state index in [4.69, 9.17) is 9.47 Å². The number of rotatable bonds is 13. The molecule has 0 aliphatic heterocycles. The lowest BCUT2D eigenvalue weighted by molar-refractivity contribution is -0.0904. The smallest absolute Gasteiger partial charge is 0.137 e. The van der Waals surface area contributed by atoms with Crippen LogP contribution in [-0.2, 0) is 9.47 Å². The van der Waals surface area contributed by atoms with Crippen LogP contribution in [0.2, 0.25) is 25.7 Å². The molecular weight excluding hydrogens is 282 g/mol. The quantitative estimate of drug-likeness (QED) is 0.293. The van der Waals surface area contributed by atoms with Gasteiger partial charge in [0.25, 0.3) is 0 Å². The van der Waals surface area contributed by atoms with Gasteiger partial charge < -0.3 is 14.0 Å². The van der Waals surface area contributed by atoms with E-state index in [1.807, 2.05) is 0 Å². The van der Waals surface area contributed by atoms with E-state index in [1.165, 1.54) is 25.6 Å².